The van der Waals surface area contributed by atoms with Gasteiger partial charge >= 0.3 is 12.1 Å². The summed E-state index contributed by atoms with van der Waals surface area (Å²) in [6.45, 7) is 6.50. The SMILES string of the molecule is CC(C)Cc1ccc(OC(F)(F)F)c(Cn2c(=O)[nH]c3cnc(NC[C@@H]4CCNC4)nc32)c1. The maximum atomic E-state index is 13.0. The zero-order valence-corrected chi connectivity index (χ0v) is 18.5. The van der Waals surface area contributed by atoms with E-state index in [0.717, 1.165) is 25.1 Å². The number of aromatic amines is 1. The van der Waals surface area contributed by atoms with E-state index in [1.807, 2.05) is 13.8 Å². The van der Waals surface area contributed by atoms with Crippen LogP contribution in [0.2, 0.25) is 0 Å². The lowest BCUT2D eigenvalue weighted by Gasteiger charge is -2.16. The molecule has 1 aliphatic heterocycles. The number of imidazole rings is 1. The number of hydrogen-bond donors (Lipinski definition) is 3. The van der Waals surface area contributed by atoms with Gasteiger partial charge in [0.1, 0.15) is 11.3 Å². The zero-order valence-electron chi connectivity index (χ0n) is 18.5. The smallest absolute Gasteiger partial charge is 0.405 e. The molecule has 1 aliphatic rings. The quantitative estimate of drug-likeness (QED) is 0.474. The molecule has 33 heavy (non-hydrogen) atoms. The maximum Gasteiger partial charge on any atom is 0.573 e. The van der Waals surface area contributed by atoms with E-state index in [1.54, 1.807) is 12.1 Å². The lowest BCUT2D eigenvalue weighted by atomic mass is 10.0. The summed E-state index contributed by atoms with van der Waals surface area (Å²) in [4.78, 5) is 24.0. The molecule has 11 heteroatoms. The summed E-state index contributed by atoms with van der Waals surface area (Å²) in [5.41, 5.74) is 1.35. The van der Waals surface area contributed by atoms with Crippen molar-refractivity contribution in [1.82, 2.24) is 24.8 Å². The van der Waals surface area contributed by atoms with Crippen molar-refractivity contribution in [3.63, 3.8) is 0 Å². The molecule has 1 saturated heterocycles. The van der Waals surface area contributed by atoms with Crippen LogP contribution in [-0.4, -0.2) is 45.5 Å². The van der Waals surface area contributed by atoms with Gasteiger partial charge in [-0.05, 0) is 49.4 Å². The predicted octanol–water partition coefficient (Wildman–Crippen LogP) is 3.29. The molecule has 4 rings (SSSR count). The van der Waals surface area contributed by atoms with Crippen molar-refractivity contribution in [1.29, 1.82) is 0 Å². The summed E-state index contributed by atoms with van der Waals surface area (Å²) < 4.78 is 44.5. The minimum Gasteiger partial charge on any atom is -0.405 e. The molecule has 0 aliphatic carbocycles. The third-order valence-corrected chi connectivity index (χ3v) is 5.55. The van der Waals surface area contributed by atoms with Crippen LogP contribution in [0.1, 0.15) is 31.4 Å². The number of nitrogens with zero attached hydrogens (tertiary/aromatic N) is 3. The Hall–Kier alpha value is -3.08. The number of H-pyrrole nitrogens is 1. The number of hydrogen-bond acceptors (Lipinski definition) is 6. The Labute approximate surface area is 188 Å². The molecule has 1 fully saturated rings. The number of rotatable bonds is 8. The summed E-state index contributed by atoms with van der Waals surface area (Å²) in [6.07, 6.45) is -1.60. The standard InChI is InChI=1S/C22H27F3N6O2/c1-13(2)7-14-3-4-18(33-22(23,24)25)16(8-14)12-31-19-17(29-21(31)32)11-28-20(30-19)27-10-15-5-6-26-9-15/h3-4,8,11,13,15,26H,5-7,9-10,12H2,1-2H3,(H,29,32)(H,27,28,30)/t15-/m1/s1. The summed E-state index contributed by atoms with van der Waals surface area (Å²) in [5, 5.41) is 6.48. The van der Waals surface area contributed by atoms with Gasteiger partial charge in [0.25, 0.3) is 0 Å². The minimum atomic E-state index is -4.84. The minimum absolute atomic E-state index is 0.126. The first-order valence-corrected chi connectivity index (χ1v) is 11.0. The number of halogens is 3. The fourth-order valence-corrected chi connectivity index (χ4v) is 4.05. The fourth-order valence-electron chi connectivity index (χ4n) is 4.05. The average molecular weight is 464 g/mol. The molecule has 1 atom stereocenters. The average Bonchev–Trinajstić information content (AvgIpc) is 3.35. The number of ether oxygens (including phenoxy) is 1. The number of alkyl halides is 3. The van der Waals surface area contributed by atoms with Crippen LogP contribution in [0.25, 0.3) is 11.2 Å². The van der Waals surface area contributed by atoms with Gasteiger partial charge in [-0.25, -0.2) is 9.78 Å². The molecule has 0 spiro atoms. The Morgan fingerprint density at radius 3 is 2.85 bits per heavy atom. The summed E-state index contributed by atoms with van der Waals surface area (Å²) >= 11 is 0. The monoisotopic (exact) mass is 464 g/mol. The Morgan fingerprint density at radius 2 is 2.15 bits per heavy atom. The van der Waals surface area contributed by atoms with Gasteiger partial charge in [-0.15, -0.1) is 13.2 Å². The van der Waals surface area contributed by atoms with Crippen molar-refractivity contribution < 1.29 is 17.9 Å². The highest BCUT2D eigenvalue weighted by molar-refractivity contribution is 5.71. The van der Waals surface area contributed by atoms with Gasteiger partial charge in [0.15, 0.2) is 5.65 Å². The Kier molecular flexibility index (Phi) is 6.59. The molecule has 3 aromatic rings. The van der Waals surface area contributed by atoms with Gasteiger partial charge in [-0.1, -0.05) is 26.0 Å². The molecule has 0 saturated carbocycles. The number of aromatic nitrogens is 4. The third-order valence-electron chi connectivity index (χ3n) is 5.55. The van der Waals surface area contributed by atoms with E-state index in [4.69, 9.17) is 0 Å². The molecular weight excluding hydrogens is 437 g/mol. The van der Waals surface area contributed by atoms with Crippen LogP contribution in [-0.2, 0) is 13.0 Å². The van der Waals surface area contributed by atoms with Gasteiger partial charge < -0.3 is 20.4 Å². The summed E-state index contributed by atoms with van der Waals surface area (Å²) in [7, 11) is 0. The van der Waals surface area contributed by atoms with E-state index in [1.165, 1.54) is 16.8 Å². The van der Waals surface area contributed by atoms with Crippen molar-refractivity contribution >= 4 is 17.1 Å². The van der Waals surface area contributed by atoms with Gasteiger partial charge in [-0.2, -0.15) is 4.98 Å². The van der Waals surface area contributed by atoms with E-state index in [-0.39, 0.29) is 17.9 Å². The Bertz CT molecular complexity index is 1170. The van der Waals surface area contributed by atoms with Crippen LogP contribution in [0, 0.1) is 11.8 Å². The second kappa shape index (κ2) is 9.42. The van der Waals surface area contributed by atoms with Gasteiger partial charge in [0.2, 0.25) is 5.95 Å². The molecule has 0 amide bonds. The van der Waals surface area contributed by atoms with Gasteiger partial charge in [0.05, 0.1) is 12.7 Å². The lowest BCUT2D eigenvalue weighted by molar-refractivity contribution is -0.274. The van der Waals surface area contributed by atoms with Crippen molar-refractivity contribution in [3.05, 3.63) is 46.0 Å². The first kappa shape index (κ1) is 23.1. The molecule has 8 nitrogen and oxygen atoms in total. The molecular formula is C22H27F3N6O2. The van der Waals surface area contributed by atoms with Crippen LogP contribution >= 0.6 is 0 Å². The molecule has 178 valence electrons. The first-order chi connectivity index (χ1) is 15.7. The zero-order chi connectivity index (χ0) is 23.6. The number of fused-ring (bicyclic) bond motifs is 1. The number of anilines is 1. The van der Waals surface area contributed by atoms with E-state index in [2.05, 4.69) is 30.3 Å². The highest BCUT2D eigenvalue weighted by atomic mass is 19.4. The molecule has 3 N–H and O–H groups in total. The third kappa shape index (κ3) is 5.84. The first-order valence-electron chi connectivity index (χ1n) is 11.0. The van der Waals surface area contributed by atoms with Crippen LogP contribution < -0.4 is 21.1 Å². The van der Waals surface area contributed by atoms with Crippen LogP contribution in [0.3, 0.4) is 0 Å². The van der Waals surface area contributed by atoms with Crippen LogP contribution in [0.5, 0.6) is 5.75 Å². The van der Waals surface area contributed by atoms with E-state index in [9.17, 15) is 18.0 Å². The molecule has 3 heterocycles. The summed E-state index contributed by atoms with van der Waals surface area (Å²) in [6, 6.07) is 4.57. The highest BCUT2D eigenvalue weighted by Crippen LogP contribution is 2.29. The second-order valence-corrected chi connectivity index (χ2v) is 8.77. The summed E-state index contributed by atoms with van der Waals surface area (Å²) in [5.74, 6) is 0.808. The molecule has 0 radical (unpaired) electrons. The number of benzene rings is 1. The Morgan fingerprint density at radius 1 is 1.33 bits per heavy atom. The van der Waals surface area contributed by atoms with Gasteiger partial charge in [0, 0.05) is 12.1 Å². The largest absolute Gasteiger partial charge is 0.573 e. The predicted molar refractivity (Wildman–Crippen MR) is 118 cm³/mol. The molecule has 0 unspecified atom stereocenters. The molecule has 1 aromatic carbocycles. The van der Waals surface area contributed by atoms with Crippen molar-refractivity contribution in [2.24, 2.45) is 11.8 Å². The molecule has 0 bridgehead atoms. The topological polar surface area (TPSA) is 96.9 Å². The second-order valence-electron chi connectivity index (χ2n) is 8.77. The highest BCUT2D eigenvalue weighted by Gasteiger charge is 2.32. The Balaban J connectivity index is 1.65. The molecule has 2 aromatic heterocycles. The van der Waals surface area contributed by atoms with Crippen molar-refractivity contribution in [3.8, 4) is 5.75 Å². The van der Waals surface area contributed by atoms with E-state index in [0.29, 0.717) is 41.9 Å². The van der Waals surface area contributed by atoms with Crippen molar-refractivity contribution in [2.75, 3.05) is 25.0 Å². The number of nitrogens with one attached hydrogen (secondary N) is 3. The normalized spacial score (nSPS) is 16.6. The van der Waals surface area contributed by atoms with E-state index >= 15 is 0 Å². The van der Waals surface area contributed by atoms with Crippen LogP contribution in [0.4, 0.5) is 19.1 Å². The van der Waals surface area contributed by atoms with E-state index < -0.39 is 12.1 Å². The van der Waals surface area contributed by atoms with Crippen LogP contribution in [0.15, 0.2) is 29.2 Å². The van der Waals surface area contributed by atoms with Crippen molar-refractivity contribution in [2.45, 2.75) is 39.6 Å². The maximum absolute atomic E-state index is 13.0. The fraction of sp³-hybridized carbons (Fsp3) is 0.500. The lowest BCUT2D eigenvalue weighted by Crippen LogP contribution is -2.21. The van der Waals surface area contributed by atoms with Gasteiger partial charge in [-0.3, -0.25) is 4.57 Å².